The lowest BCUT2D eigenvalue weighted by Gasteiger charge is -2.28. The van der Waals surface area contributed by atoms with Gasteiger partial charge in [-0.05, 0) is 36.6 Å². The Morgan fingerprint density at radius 3 is 2.29 bits per heavy atom. The van der Waals surface area contributed by atoms with Gasteiger partial charge < -0.3 is 14.8 Å². The first-order chi connectivity index (χ1) is 10.1. The molecule has 0 atom stereocenters. The maximum Gasteiger partial charge on any atom is 0.335 e. The van der Waals surface area contributed by atoms with Crippen LogP contribution in [0.2, 0.25) is 0 Å². The molecule has 0 radical (unpaired) electrons. The monoisotopic (exact) mass is 287 g/mol. The summed E-state index contributed by atoms with van der Waals surface area (Å²) in [6, 6.07) is 6.32. The second-order valence-corrected chi connectivity index (χ2v) is 5.06. The second kappa shape index (κ2) is 6.83. The van der Waals surface area contributed by atoms with E-state index in [1.54, 1.807) is 23.1 Å². The molecule has 0 unspecified atom stereocenters. The summed E-state index contributed by atoms with van der Waals surface area (Å²) < 4.78 is 0. The summed E-state index contributed by atoms with van der Waals surface area (Å²) in [5.74, 6) is -0.983. The van der Waals surface area contributed by atoms with Gasteiger partial charge in [-0.2, -0.15) is 0 Å². The van der Waals surface area contributed by atoms with Crippen LogP contribution in [0.15, 0.2) is 30.3 Å². The van der Waals surface area contributed by atoms with E-state index >= 15 is 0 Å². The second-order valence-electron chi connectivity index (χ2n) is 5.06. The minimum absolute atomic E-state index is 0.0709. The highest BCUT2D eigenvalue weighted by atomic mass is 16.4. The molecule has 1 aliphatic heterocycles. The molecule has 0 aliphatic carbocycles. The number of likely N-dealkylation sites (tertiary alicyclic amines) is 1. The Kier molecular flexibility index (Phi) is 4.87. The van der Waals surface area contributed by atoms with Crippen LogP contribution in [0.4, 0.5) is 0 Å². The topological polar surface area (TPSA) is 74.7 Å². The van der Waals surface area contributed by atoms with E-state index in [2.05, 4.69) is 0 Å². The van der Waals surface area contributed by atoms with Gasteiger partial charge in [-0.3, -0.25) is 4.79 Å². The number of nitrogens with zero attached hydrogens (tertiary/aromatic N) is 1. The number of carbonyl (C=O) groups excluding carboxylic acids is 2. The molecule has 1 amide bonds. The summed E-state index contributed by atoms with van der Waals surface area (Å²) in [6.45, 7) is 1.20. The number of rotatable bonds is 4. The molecule has 1 N–H and O–H groups in total. The van der Waals surface area contributed by atoms with E-state index in [0.29, 0.717) is 13.1 Å². The third kappa shape index (κ3) is 4.02. The van der Waals surface area contributed by atoms with Crippen molar-refractivity contribution in [1.82, 2.24) is 4.90 Å². The predicted octanol–water partition coefficient (Wildman–Crippen LogP) is 1.84. The van der Waals surface area contributed by atoms with Gasteiger partial charge in [-0.25, -0.2) is 4.79 Å². The number of aldehydes is 1. The lowest BCUT2D eigenvalue weighted by molar-refractivity contribution is -0.128. The lowest BCUT2D eigenvalue weighted by Crippen LogP contribution is -2.37. The van der Waals surface area contributed by atoms with Crippen LogP contribution in [0.1, 0.15) is 28.8 Å². The molecule has 0 spiro atoms. The van der Waals surface area contributed by atoms with E-state index in [1.807, 2.05) is 0 Å². The van der Waals surface area contributed by atoms with Gasteiger partial charge in [0.25, 0.3) is 0 Å². The Hall–Kier alpha value is -2.43. The zero-order valence-corrected chi connectivity index (χ0v) is 11.6. The Morgan fingerprint density at radius 1 is 1.14 bits per heavy atom. The average molecular weight is 287 g/mol. The highest BCUT2D eigenvalue weighted by Gasteiger charge is 2.20. The Bertz CT molecular complexity index is 554. The van der Waals surface area contributed by atoms with Crippen molar-refractivity contribution in [3.05, 3.63) is 41.5 Å². The largest absolute Gasteiger partial charge is 0.478 e. The normalized spacial score (nSPS) is 16.1. The number of benzene rings is 1. The third-order valence-electron chi connectivity index (χ3n) is 3.62. The van der Waals surface area contributed by atoms with Gasteiger partial charge in [0, 0.05) is 25.1 Å². The fourth-order valence-electron chi connectivity index (χ4n) is 2.27. The number of hydrogen-bond acceptors (Lipinski definition) is 3. The number of hydrogen-bond donors (Lipinski definition) is 1. The number of aromatic carboxylic acids is 1. The van der Waals surface area contributed by atoms with Crippen LogP contribution < -0.4 is 0 Å². The van der Waals surface area contributed by atoms with E-state index in [4.69, 9.17) is 5.11 Å². The Balaban J connectivity index is 1.93. The van der Waals surface area contributed by atoms with Crippen molar-refractivity contribution in [2.24, 2.45) is 5.92 Å². The zero-order valence-electron chi connectivity index (χ0n) is 11.6. The average Bonchev–Trinajstić information content (AvgIpc) is 2.53. The fourth-order valence-corrected chi connectivity index (χ4v) is 2.27. The summed E-state index contributed by atoms with van der Waals surface area (Å²) in [5.41, 5.74) is 0.991. The molecule has 1 aromatic carbocycles. The molecule has 0 bridgehead atoms. The number of carboxylic acids is 1. The summed E-state index contributed by atoms with van der Waals surface area (Å²) in [4.78, 5) is 35.1. The Morgan fingerprint density at radius 2 is 1.76 bits per heavy atom. The minimum Gasteiger partial charge on any atom is -0.478 e. The summed E-state index contributed by atoms with van der Waals surface area (Å²) in [6.07, 6.45) is 5.55. The van der Waals surface area contributed by atoms with Crippen LogP contribution >= 0.6 is 0 Å². The van der Waals surface area contributed by atoms with Gasteiger partial charge in [-0.1, -0.05) is 12.1 Å². The molecule has 1 fully saturated rings. The molecule has 5 heteroatoms. The predicted molar refractivity (Wildman–Crippen MR) is 77.8 cm³/mol. The fraction of sp³-hybridized carbons (Fsp3) is 0.312. The molecular weight excluding hydrogens is 270 g/mol. The molecule has 2 rings (SSSR count). The van der Waals surface area contributed by atoms with Crippen molar-refractivity contribution in [3.63, 3.8) is 0 Å². The number of carboxylic acid groups (broad SMARTS) is 1. The van der Waals surface area contributed by atoms with Crippen LogP contribution in [0.5, 0.6) is 0 Å². The molecule has 0 aromatic heterocycles. The van der Waals surface area contributed by atoms with Gasteiger partial charge in [0.15, 0.2) is 0 Å². The first kappa shape index (κ1) is 15.0. The number of piperidine rings is 1. The Labute approximate surface area is 122 Å². The van der Waals surface area contributed by atoms with Crippen molar-refractivity contribution in [3.8, 4) is 0 Å². The highest BCUT2D eigenvalue weighted by Crippen LogP contribution is 2.15. The molecular formula is C16H17NO4. The van der Waals surface area contributed by atoms with E-state index in [9.17, 15) is 14.4 Å². The summed E-state index contributed by atoms with van der Waals surface area (Å²) >= 11 is 0. The molecule has 0 saturated carbocycles. The SMILES string of the molecule is O=CC1CCN(C(=O)C=Cc2ccc(C(=O)O)cc2)CC1. The molecule has 1 aliphatic rings. The third-order valence-corrected chi connectivity index (χ3v) is 3.62. The quantitative estimate of drug-likeness (QED) is 0.677. The van der Waals surface area contributed by atoms with Crippen molar-refractivity contribution in [2.45, 2.75) is 12.8 Å². The molecule has 1 heterocycles. The summed E-state index contributed by atoms with van der Waals surface area (Å²) in [7, 11) is 0. The molecule has 5 nitrogen and oxygen atoms in total. The van der Waals surface area contributed by atoms with Gasteiger partial charge in [0.05, 0.1) is 5.56 Å². The van der Waals surface area contributed by atoms with Crippen molar-refractivity contribution in [1.29, 1.82) is 0 Å². The highest BCUT2D eigenvalue weighted by molar-refractivity contribution is 5.92. The van der Waals surface area contributed by atoms with E-state index in [0.717, 1.165) is 24.7 Å². The van der Waals surface area contributed by atoms with Gasteiger partial charge in [0.2, 0.25) is 5.91 Å². The molecule has 21 heavy (non-hydrogen) atoms. The molecule has 110 valence electrons. The maximum absolute atomic E-state index is 12.0. The van der Waals surface area contributed by atoms with E-state index < -0.39 is 5.97 Å². The van der Waals surface area contributed by atoms with Crippen LogP contribution in [-0.2, 0) is 9.59 Å². The van der Waals surface area contributed by atoms with Crippen molar-refractivity contribution < 1.29 is 19.5 Å². The molecule has 1 aromatic rings. The van der Waals surface area contributed by atoms with E-state index in [1.165, 1.54) is 18.2 Å². The number of amides is 1. The smallest absolute Gasteiger partial charge is 0.335 e. The summed E-state index contributed by atoms with van der Waals surface area (Å²) in [5, 5.41) is 8.80. The van der Waals surface area contributed by atoms with Gasteiger partial charge in [0.1, 0.15) is 6.29 Å². The standard InChI is InChI=1S/C16H17NO4/c18-11-13-7-9-17(10-8-13)15(19)6-3-12-1-4-14(5-2-12)16(20)21/h1-6,11,13H,7-10H2,(H,20,21). The zero-order chi connectivity index (χ0) is 15.2. The molecule has 1 saturated heterocycles. The van der Waals surface area contributed by atoms with Crippen LogP contribution in [-0.4, -0.2) is 41.3 Å². The van der Waals surface area contributed by atoms with Crippen molar-refractivity contribution >= 4 is 24.2 Å². The van der Waals surface area contributed by atoms with Crippen LogP contribution in [0.25, 0.3) is 6.08 Å². The van der Waals surface area contributed by atoms with Crippen molar-refractivity contribution in [2.75, 3.05) is 13.1 Å². The number of carbonyl (C=O) groups is 3. The first-order valence-corrected chi connectivity index (χ1v) is 6.86. The van der Waals surface area contributed by atoms with Gasteiger partial charge in [-0.15, -0.1) is 0 Å². The minimum atomic E-state index is -0.973. The van der Waals surface area contributed by atoms with Crippen LogP contribution in [0, 0.1) is 5.92 Å². The van der Waals surface area contributed by atoms with E-state index in [-0.39, 0.29) is 17.4 Å². The lowest BCUT2D eigenvalue weighted by atomic mass is 9.98. The first-order valence-electron chi connectivity index (χ1n) is 6.86. The van der Waals surface area contributed by atoms with Crippen LogP contribution in [0.3, 0.4) is 0 Å². The maximum atomic E-state index is 12.0. The van der Waals surface area contributed by atoms with Gasteiger partial charge >= 0.3 is 5.97 Å².